The number of hydrogen-bond acceptors (Lipinski definition) is 6. The van der Waals surface area contributed by atoms with Gasteiger partial charge in [-0.15, -0.1) is 5.10 Å². The van der Waals surface area contributed by atoms with Crippen molar-refractivity contribution in [2.24, 2.45) is 5.92 Å². The Kier molecular flexibility index (Phi) is 5.66. The van der Waals surface area contributed by atoms with Crippen LogP contribution in [0.1, 0.15) is 35.9 Å². The van der Waals surface area contributed by atoms with Gasteiger partial charge in [0.2, 0.25) is 0 Å². The molecule has 0 fully saturated rings. The topological polar surface area (TPSA) is 102 Å². The molecule has 2 aromatic heterocycles. The van der Waals surface area contributed by atoms with Gasteiger partial charge in [-0.1, -0.05) is 37.3 Å². The summed E-state index contributed by atoms with van der Waals surface area (Å²) in [5.74, 6) is -0.224. The number of carbonyl (C=O) groups is 1. The molecule has 0 aliphatic carbocycles. The smallest absolute Gasteiger partial charge is 0.273 e. The number of methoxy groups -OCH3 is 1. The van der Waals surface area contributed by atoms with Crippen LogP contribution < -0.4 is 5.32 Å². The van der Waals surface area contributed by atoms with E-state index in [9.17, 15) is 9.90 Å². The molecule has 0 saturated heterocycles. The van der Waals surface area contributed by atoms with Crippen molar-refractivity contribution in [1.29, 1.82) is 0 Å². The average Bonchev–Trinajstić information content (AvgIpc) is 3.14. The third-order valence-corrected chi connectivity index (χ3v) is 4.36. The van der Waals surface area contributed by atoms with E-state index in [4.69, 9.17) is 4.74 Å². The van der Waals surface area contributed by atoms with Crippen molar-refractivity contribution in [3.8, 4) is 5.75 Å². The summed E-state index contributed by atoms with van der Waals surface area (Å²) < 4.78 is 6.55. The van der Waals surface area contributed by atoms with Crippen LogP contribution in [0.2, 0.25) is 0 Å². The summed E-state index contributed by atoms with van der Waals surface area (Å²) in [5.41, 5.74) is 1.35. The maximum atomic E-state index is 12.6. The Morgan fingerprint density at radius 2 is 2.15 bits per heavy atom. The predicted octanol–water partition coefficient (Wildman–Crippen LogP) is 2.31. The lowest BCUT2D eigenvalue weighted by atomic mass is 9.94. The van der Waals surface area contributed by atoms with Gasteiger partial charge < -0.3 is 15.2 Å². The van der Waals surface area contributed by atoms with Gasteiger partial charge in [-0.25, -0.2) is 4.68 Å². The molecule has 3 rings (SSSR count). The summed E-state index contributed by atoms with van der Waals surface area (Å²) in [4.78, 5) is 16.9. The lowest BCUT2D eigenvalue weighted by Gasteiger charge is -2.23. The second-order valence-electron chi connectivity index (χ2n) is 6.63. The average molecular weight is 369 g/mol. The number of aromatic nitrogens is 4. The van der Waals surface area contributed by atoms with Gasteiger partial charge in [-0.2, -0.15) is 0 Å². The van der Waals surface area contributed by atoms with Crippen LogP contribution in [0.4, 0.5) is 0 Å². The van der Waals surface area contributed by atoms with E-state index in [0.29, 0.717) is 24.2 Å². The molecule has 2 N–H and O–H groups in total. The van der Waals surface area contributed by atoms with Crippen LogP contribution in [-0.2, 0) is 11.3 Å². The van der Waals surface area contributed by atoms with Crippen molar-refractivity contribution in [1.82, 2.24) is 25.3 Å². The third kappa shape index (κ3) is 4.06. The second kappa shape index (κ2) is 8.13. The molecule has 0 bridgehead atoms. The number of hydrogen-bond donors (Lipinski definition) is 2. The molecule has 1 unspecified atom stereocenters. The molecule has 3 aromatic rings. The number of ether oxygens (including phenoxy) is 1. The Bertz CT molecular complexity index is 938. The molecule has 1 amide bonds. The predicted molar refractivity (Wildman–Crippen MR) is 100 cm³/mol. The SMILES string of the molecule is COCCn1cc(C(=O)NC(c2ccc3cccnc3c2O)C(C)C)nn1. The minimum absolute atomic E-state index is 0.0459. The largest absolute Gasteiger partial charge is 0.505 e. The molecule has 2 heterocycles. The van der Waals surface area contributed by atoms with Gasteiger partial charge in [0.15, 0.2) is 5.69 Å². The van der Waals surface area contributed by atoms with E-state index in [1.54, 1.807) is 24.2 Å². The first kappa shape index (κ1) is 18.8. The highest BCUT2D eigenvalue weighted by molar-refractivity contribution is 5.92. The van der Waals surface area contributed by atoms with Crippen molar-refractivity contribution in [3.05, 3.63) is 47.9 Å². The zero-order valence-electron chi connectivity index (χ0n) is 15.6. The van der Waals surface area contributed by atoms with Crippen molar-refractivity contribution >= 4 is 16.8 Å². The number of pyridine rings is 1. The van der Waals surface area contributed by atoms with Gasteiger partial charge in [-0.3, -0.25) is 9.78 Å². The van der Waals surface area contributed by atoms with Crippen LogP contribution in [0.15, 0.2) is 36.7 Å². The fraction of sp³-hybridized carbons (Fsp3) is 0.368. The number of rotatable bonds is 7. The van der Waals surface area contributed by atoms with E-state index >= 15 is 0 Å². The molecule has 8 heteroatoms. The Labute approximate surface area is 157 Å². The van der Waals surface area contributed by atoms with Gasteiger partial charge in [-0.05, 0) is 12.0 Å². The lowest BCUT2D eigenvalue weighted by Crippen LogP contribution is -2.32. The number of carbonyl (C=O) groups excluding carboxylic acids is 1. The van der Waals surface area contributed by atoms with E-state index in [2.05, 4.69) is 20.6 Å². The van der Waals surface area contributed by atoms with Gasteiger partial charge >= 0.3 is 0 Å². The minimum atomic E-state index is -0.395. The van der Waals surface area contributed by atoms with Crippen LogP contribution in [-0.4, -0.2) is 44.7 Å². The fourth-order valence-corrected chi connectivity index (χ4v) is 2.91. The molecule has 0 aliphatic rings. The first-order valence-electron chi connectivity index (χ1n) is 8.77. The summed E-state index contributed by atoms with van der Waals surface area (Å²) in [6.45, 7) is 4.95. The molecular formula is C19H23N5O3. The highest BCUT2D eigenvalue weighted by Crippen LogP contribution is 2.34. The van der Waals surface area contributed by atoms with Crippen LogP contribution >= 0.6 is 0 Å². The Hall–Kier alpha value is -3.00. The zero-order valence-corrected chi connectivity index (χ0v) is 15.6. The summed E-state index contributed by atoms with van der Waals surface area (Å²) in [6, 6.07) is 7.01. The molecule has 0 saturated carbocycles. The van der Waals surface area contributed by atoms with E-state index in [1.165, 1.54) is 0 Å². The molecule has 27 heavy (non-hydrogen) atoms. The normalized spacial score (nSPS) is 12.4. The fourth-order valence-electron chi connectivity index (χ4n) is 2.91. The standard InChI is InChI=1S/C19H23N5O3/c1-12(2)16(14-7-6-13-5-4-8-20-17(13)18(14)25)21-19(26)15-11-24(23-22-15)9-10-27-3/h4-8,11-12,16,25H,9-10H2,1-3H3,(H,21,26). The number of phenols is 1. The zero-order chi connectivity index (χ0) is 19.4. The summed E-state index contributed by atoms with van der Waals surface area (Å²) in [7, 11) is 1.60. The first-order valence-corrected chi connectivity index (χ1v) is 8.77. The van der Waals surface area contributed by atoms with Gasteiger partial charge in [0.1, 0.15) is 11.3 Å². The molecule has 0 spiro atoms. The highest BCUT2D eigenvalue weighted by atomic mass is 16.5. The van der Waals surface area contributed by atoms with E-state index < -0.39 is 6.04 Å². The van der Waals surface area contributed by atoms with Crippen molar-refractivity contribution in [2.45, 2.75) is 26.4 Å². The number of fused-ring (bicyclic) bond motifs is 1. The number of phenolic OH excluding ortho intramolecular Hbond substituents is 1. The Morgan fingerprint density at radius 3 is 2.89 bits per heavy atom. The molecule has 142 valence electrons. The molecule has 1 aromatic carbocycles. The van der Waals surface area contributed by atoms with E-state index in [0.717, 1.165) is 5.39 Å². The molecule has 8 nitrogen and oxygen atoms in total. The second-order valence-corrected chi connectivity index (χ2v) is 6.63. The summed E-state index contributed by atoms with van der Waals surface area (Å²) in [5, 5.41) is 22.3. The lowest BCUT2D eigenvalue weighted by molar-refractivity contribution is 0.0920. The number of nitrogens with one attached hydrogen (secondary N) is 1. The van der Waals surface area contributed by atoms with Crippen LogP contribution in [0.5, 0.6) is 5.75 Å². The number of aromatic hydroxyl groups is 1. The highest BCUT2D eigenvalue weighted by Gasteiger charge is 2.24. The molecular weight excluding hydrogens is 346 g/mol. The number of nitrogens with zero attached hydrogens (tertiary/aromatic N) is 4. The quantitative estimate of drug-likeness (QED) is 0.663. The van der Waals surface area contributed by atoms with Crippen LogP contribution in [0.25, 0.3) is 10.9 Å². The third-order valence-electron chi connectivity index (χ3n) is 4.36. The maximum Gasteiger partial charge on any atom is 0.273 e. The van der Waals surface area contributed by atoms with E-state index in [1.807, 2.05) is 38.1 Å². The first-order chi connectivity index (χ1) is 13.0. The van der Waals surface area contributed by atoms with E-state index in [-0.39, 0.29) is 23.3 Å². The summed E-state index contributed by atoms with van der Waals surface area (Å²) in [6.07, 6.45) is 3.21. The van der Waals surface area contributed by atoms with Crippen molar-refractivity contribution in [3.63, 3.8) is 0 Å². The minimum Gasteiger partial charge on any atom is -0.505 e. The van der Waals surface area contributed by atoms with Crippen LogP contribution in [0, 0.1) is 5.92 Å². The Morgan fingerprint density at radius 1 is 1.33 bits per heavy atom. The molecule has 1 atom stereocenters. The molecule has 0 radical (unpaired) electrons. The molecule has 0 aliphatic heterocycles. The Balaban J connectivity index is 1.85. The van der Waals surface area contributed by atoms with Crippen molar-refractivity contribution in [2.75, 3.05) is 13.7 Å². The van der Waals surface area contributed by atoms with Crippen LogP contribution in [0.3, 0.4) is 0 Å². The van der Waals surface area contributed by atoms with Crippen molar-refractivity contribution < 1.29 is 14.6 Å². The van der Waals surface area contributed by atoms with Gasteiger partial charge in [0, 0.05) is 24.3 Å². The maximum absolute atomic E-state index is 12.6. The van der Waals surface area contributed by atoms with Gasteiger partial charge in [0.25, 0.3) is 5.91 Å². The van der Waals surface area contributed by atoms with Gasteiger partial charge in [0.05, 0.1) is 25.4 Å². The number of benzene rings is 1. The monoisotopic (exact) mass is 369 g/mol. The number of amides is 1. The summed E-state index contributed by atoms with van der Waals surface area (Å²) >= 11 is 0.